The summed E-state index contributed by atoms with van der Waals surface area (Å²) in [6, 6.07) is 0. The Morgan fingerprint density at radius 2 is 1.62 bits per heavy atom. The molecule has 0 fully saturated rings. The Morgan fingerprint density at radius 3 is 2.00 bits per heavy atom. The zero-order valence-electron chi connectivity index (χ0n) is 10.9. The van der Waals surface area contributed by atoms with Crippen molar-refractivity contribution in [1.82, 2.24) is 0 Å². The molecule has 0 rings (SSSR count). The topological polar surface area (TPSA) is 0 Å². The molecule has 0 heteroatoms. The highest BCUT2D eigenvalue weighted by Gasteiger charge is 2.01. The van der Waals surface area contributed by atoms with Crippen LogP contribution in [0.1, 0.15) is 27.7 Å². The van der Waals surface area contributed by atoms with Gasteiger partial charge in [-0.05, 0) is 38.8 Å². The predicted molar refractivity (Wildman–Crippen MR) is 75.4 cm³/mol. The summed E-state index contributed by atoms with van der Waals surface area (Å²) < 4.78 is 0. The van der Waals surface area contributed by atoms with E-state index in [0.29, 0.717) is 0 Å². The molecule has 0 aromatic heterocycles. The van der Waals surface area contributed by atoms with Crippen LogP contribution >= 0.6 is 0 Å². The molecule has 0 unspecified atom stereocenters. The molecule has 0 radical (unpaired) electrons. The SMILES string of the molecule is C=C(C)/C=C(\C=C/C)C(=C/C=C\C)/C(=C)C. The van der Waals surface area contributed by atoms with E-state index in [9.17, 15) is 0 Å². The third-order valence-corrected chi connectivity index (χ3v) is 1.97. The number of hydrogen-bond acceptors (Lipinski definition) is 0. The molecule has 0 aliphatic rings. The van der Waals surface area contributed by atoms with Crippen LogP contribution in [0, 0.1) is 0 Å². The van der Waals surface area contributed by atoms with Gasteiger partial charge in [0.25, 0.3) is 0 Å². The van der Waals surface area contributed by atoms with Gasteiger partial charge in [0.1, 0.15) is 0 Å². The summed E-state index contributed by atoms with van der Waals surface area (Å²) in [7, 11) is 0. The maximum absolute atomic E-state index is 4.01. The molecule has 0 bridgehead atoms. The highest BCUT2D eigenvalue weighted by molar-refractivity contribution is 5.53. The molecule has 0 N–H and O–H groups in total. The van der Waals surface area contributed by atoms with Crippen LogP contribution in [0.25, 0.3) is 0 Å². The average Bonchev–Trinajstić information content (AvgIpc) is 2.17. The van der Waals surface area contributed by atoms with E-state index in [1.807, 2.05) is 45.9 Å². The molecule has 0 aromatic carbocycles. The van der Waals surface area contributed by atoms with Gasteiger partial charge in [-0.15, -0.1) is 0 Å². The van der Waals surface area contributed by atoms with Gasteiger partial charge in [-0.25, -0.2) is 0 Å². The van der Waals surface area contributed by atoms with E-state index >= 15 is 0 Å². The van der Waals surface area contributed by atoms with Crippen molar-refractivity contribution in [2.24, 2.45) is 0 Å². The minimum atomic E-state index is 1.04. The third kappa shape index (κ3) is 5.35. The predicted octanol–water partition coefficient (Wildman–Crippen LogP) is 5.14. The molecular formula is C16H22. The average molecular weight is 214 g/mol. The van der Waals surface area contributed by atoms with E-state index in [-0.39, 0.29) is 0 Å². The number of rotatable bonds is 5. The lowest BCUT2D eigenvalue weighted by molar-refractivity contribution is 1.37. The maximum Gasteiger partial charge on any atom is -0.0161 e. The summed E-state index contributed by atoms with van der Waals surface area (Å²) in [6.07, 6.45) is 12.3. The van der Waals surface area contributed by atoms with Crippen LogP contribution in [-0.4, -0.2) is 0 Å². The van der Waals surface area contributed by atoms with Crippen LogP contribution < -0.4 is 0 Å². The first-order chi connectivity index (χ1) is 7.52. The summed E-state index contributed by atoms with van der Waals surface area (Å²) in [5, 5.41) is 0. The second-order valence-electron chi connectivity index (χ2n) is 3.83. The Kier molecular flexibility index (Phi) is 6.95. The van der Waals surface area contributed by atoms with Crippen LogP contribution in [0.2, 0.25) is 0 Å². The monoisotopic (exact) mass is 214 g/mol. The van der Waals surface area contributed by atoms with E-state index in [0.717, 1.165) is 22.3 Å². The molecular weight excluding hydrogens is 192 g/mol. The van der Waals surface area contributed by atoms with Crippen molar-refractivity contribution in [2.75, 3.05) is 0 Å². The highest BCUT2D eigenvalue weighted by Crippen LogP contribution is 2.20. The van der Waals surface area contributed by atoms with Crippen molar-refractivity contribution in [3.63, 3.8) is 0 Å². The molecule has 0 aromatic rings. The van der Waals surface area contributed by atoms with Crippen LogP contribution in [0.3, 0.4) is 0 Å². The van der Waals surface area contributed by atoms with E-state index in [1.165, 1.54) is 0 Å². The van der Waals surface area contributed by atoms with Crippen LogP contribution in [0.15, 0.2) is 71.9 Å². The lowest BCUT2D eigenvalue weighted by Gasteiger charge is -2.08. The fourth-order valence-electron chi connectivity index (χ4n) is 1.34. The van der Waals surface area contributed by atoms with Gasteiger partial charge in [-0.3, -0.25) is 0 Å². The van der Waals surface area contributed by atoms with E-state index in [1.54, 1.807) is 0 Å². The fraction of sp³-hybridized carbons (Fsp3) is 0.250. The van der Waals surface area contributed by atoms with E-state index in [4.69, 9.17) is 0 Å². The quantitative estimate of drug-likeness (QED) is 0.556. The maximum atomic E-state index is 4.01. The van der Waals surface area contributed by atoms with Crippen molar-refractivity contribution >= 4 is 0 Å². The summed E-state index contributed by atoms with van der Waals surface area (Å²) >= 11 is 0. The Morgan fingerprint density at radius 1 is 1.00 bits per heavy atom. The first-order valence-corrected chi connectivity index (χ1v) is 5.52. The summed E-state index contributed by atoms with van der Waals surface area (Å²) in [4.78, 5) is 0. The lowest BCUT2D eigenvalue weighted by atomic mass is 9.97. The first kappa shape index (κ1) is 14.4. The summed E-state index contributed by atoms with van der Waals surface area (Å²) in [5.74, 6) is 0. The molecule has 0 amide bonds. The molecule has 16 heavy (non-hydrogen) atoms. The van der Waals surface area contributed by atoms with Gasteiger partial charge < -0.3 is 0 Å². The minimum absolute atomic E-state index is 1.04. The van der Waals surface area contributed by atoms with Gasteiger partial charge in [0.15, 0.2) is 0 Å². The zero-order chi connectivity index (χ0) is 12.6. The van der Waals surface area contributed by atoms with Crippen molar-refractivity contribution in [3.8, 4) is 0 Å². The number of allylic oxidation sites excluding steroid dienone is 10. The largest absolute Gasteiger partial charge is 0.0961 e. The lowest BCUT2D eigenvalue weighted by Crippen LogP contribution is -1.89. The van der Waals surface area contributed by atoms with Gasteiger partial charge in [-0.2, -0.15) is 0 Å². The molecule has 0 atom stereocenters. The first-order valence-electron chi connectivity index (χ1n) is 5.52. The second kappa shape index (κ2) is 7.70. The molecule has 86 valence electrons. The van der Waals surface area contributed by atoms with Crippen molar-refractivity contribution < 1.29 is 0 Å². The molecule has 0 heterocycles. The molecule has 0 aliphatic heterocycles. The van der Waals surface area contributed by atoms with Gasteiger partial charge >= 0.3 is 0 Å². The van der Waals surface area contributed by atoms with E-state index < -0.39 is 0 Å². The highest BCUT2D eigenvalue weighted by atomic mass is 14.1. The van der Waals surface area contributed by atoms with Crippen LogP contribution in [0.5, 0.6) is 0 Å². The minimum Gasteiger partial charge on any atom is -0.0961 e. The van der Waals surface area contributed by atoms with Gasteiger partial charge in [0, 0.05) is 0 Å². The van der Waals surface area contributed by atoms with Crippen LogP contribution in [-0.2, 0) is 0 Å². The van der Waals surface area contributed by atoms with Crippen molar-refractivity contribution in [1.29, 1.82) is 0 Å². The van der Waals surface area contributed by atoms with Gasteiger partial charge in [0.2, 0.25) is 0 Å². The Hall–Kier alpha value is -1.56. The fourth-order valence-corrected chi connectivity index (χ4v) is 1.34. The molecule has 0 saturated carbocycles. The normalized spacial score (nSPS) is 13.8. The summed E-state index contributed by atoms with van der Waals surface area (Å²) in [6.45, 7) is 16.0. The molecule has 0 spiro atoms. The Balaban J connectivity index is 5.44. The smallest absolute Gasteiger partial charge is 0.0161 e. The molecule has 0 aliphatic carbocycles. The van der Waals surface area contributed by atoms with E-state index in [2.05, 4.69) is 31.4 Å². The Labute approximate surface area is 100 Å². The Bertz CT molecular complexity index is 371. The second-order valence-corrected chi connectivity index (χ2v) is 3.83. The molecule has 0 nitrogen and oxygen atoms in total. The zero-order valence-corrected chi connectivity index (χ0v) is 10.9. The third-order valence-electron chi connectivity index (χ3n) is 1.97. The van der Waals surface area contributed by atoms with Crippen LogP contribution in [0.4, 0.5) is 0 Å². The van der Waals surface area contributed by atoms with Crippen molar-refractivity contribution in [3.05, 3.63) is 71.9 Å². The standard InChI is InChI=1S/C16H22/c1-7-9-11-16(14(5)6)15(10-8-2)12-13(3)4/h7-12H,3,5H2,1-2,4,6H3/b9-7-,10-8-,15-12+,16-11+. The van der Waals surface area contributed by atoms with Gasteiger partial charge in [-0.1, -0.05) is 60.8 Å². The van der Waals surface area contributed by atoms with Gasteiger partial charge in [0.05, 0.1) is 0 Å². The summed E-state index contributed by atoms with van der Waals surface area (Å²) in [5.41, 5.74) is 4.41. The number of hydrogen-bond donors (Lipinski definition) is 0. The van der Waals surface area contributed by atoms with Crippen molar-refractivity contribution in [2.45, 2.75) is 27.7 Å². The molecule has 0 saturated heterocycles.